The highest BCUT2D eigenvalue weighted by molar-refractivity contribution is 9.10. The van der Waals surface area contributed by atoms with Gasteiger partial charge in [-0.05, 0) is 11.6 Å². The summed E-state index contributed by atoms with van der Waals surface area (Å²) in [6.07, 6.45) is 3.05. The lowest BCUT2D eigenvalue weighted by atomic mass is 10.1. The van der Waals surface area contributed by atoms with Gasteiger partial charge in [0.1, 0.15) is 0 Å². The molecule has 88 valence electrons. The first-order chi connectivity index (χ1) is 8.34. The van der Waals surface area contributed by atoms with Gasteiger partial charge in [-0.2, -0.15) is 5.10 Å². The van der Waals surface area contributed by atoms with Gasteiger partial charge in [-0.25, -0.2) is 0 Å². The molecule has 17 heavy (non-hydrogen) atoms. The highest BCUT2D eigenvalue weighted by Gasteiger charge is 2.14. The van der Waals surface area contributed by atoms with E-state index >= 15 is 0 Å². The molecule has 1 N–H and O–H groups in total. The molecule has 3 rings (SSSR count). The summed E-state index contributed by atoms with van der Waals surface area (Å²) in [6, 6.07) is 8.32. The second kappa shape index (κ2) is 4.63. The summed E-state index contributed by atoms with van der Waals surface area (Å²) in [5.41, 5.74) is 3.99. The van der Waals surface area contributed by atoms with E-state index in [2.05, 4.69) is 49.2 Å². The molecule has 0 unspecified atom stereocenters. The molecule has 0 saturated heterocycles. The maximum atomic E-state index is 4.49. The molecule has 1 aromatic heterocycles. The van der Waals surface area contributed by atoms with Gasteiger partial charge in [0.15, 0.2) is 0 Å². The number of aromatic nitrogens is 2. The lowest BCUT2D eigenvalue weighted by Crippen LogP contribution is -2.24. The van der Waals surface area contributed by atoms with Crippen molar-refractivity contribution in [2.75, 3.05) is 6.54 Å². The quantitative estimate of drug-likeness (QED) is 0.920. The van der Waals surface area contributed by atoms with Crippen molar-refractivity contribution in [1.82, 2.24) is 15.1 Å². The maximum absolute atomic E-state index is 4.49. The van der Waals surface area contributed by atoms with Crippen LogP contribution in [0.4, 0.5) is 0 Å². The van der Waals surface area contributed by atoms with E-state index in [1.807, 2.05) is 12.3 Å². The van der Waals surface area contributed by atoms with Gasteiger partial charge >= 0.3 is 0 Å². The lowest BCUT2D eigenvalue weighted by Gasteiger charge is -2.15. The van der Waals surface area contributed by atoms with Crippen LogP contribution < -0.4 is 5.32 Å². The van der Waals surface area contributed by atoms with Crippen LogP contribution in [-0.4, -0.2) is 16.3 Å². The predicted octanol–water partition coefficient (Wildman–Crippen LogP) is 2.34. The lowest BCUT2D eigenvalue weighted by molar-refractivity contribution is 0.582. The van der Waals surface area contributed by atoms with Crippen LogP contribution in [0, 0.1) is 0 Å². The average molecular weight is 292 g/mol. The molecule has 0 bridgehead atoms. The molecule has 0 aliphatic carbocycles. The summed E-state index contributed by atoms with van der Waals surface area (Å²) in [6.45, 7) is 2.84. The van der Waals surface area contributed by atoms with Gasteiger partial charge in [-0.3, -0.25) is 4.68 Å². The molecule has 0 spiro atoms. The van der Waals surface area contributed by atoms with Crippen LogP contribution in [0.25, 0.3) is 0 Å². The van der Waals surface area contributed by atoms with E-state index in [4.69, 9.17) is 0 Å². The Kier molecular flexibility index (Phi) is 2.99. The van der Waals surface area contributed by atoms with Crippen LogP contribution >= 0.6 is 15.9 Å². The van der Waals surface area contributed by atoms with Crippen molar-refractivity contribution in [3.05, 3.63) is 51.8 Å². The summed E-state index contributed by atoms with van der Waals surface area (Å²) in [5, 5.41) is 7.86. The molecule has 0 saturated carbocycles. The van der Waals surface area contributed by atoms with E-state index < -0.39 is 0 Å². The van der Waals surface area contributed by atoms with Crippen LogP contribution in [-0.2, 0) is 19.5 Å². The number of nitrogens with zero attached hydrogens (tertiary/aromatic N) is 2. The first-order valence-corrected chi connectivity index (χ1v) is 6.61. The molecule has 0 fully saturated rings. The number of benzene rings is 1. The van der Waals surface area contributed by atoms with Gasteiger partial charge in [-0.1, -0.05) is 34.1 Å². The van der Waals surface area contributed by atoms with Crippen LogP contribution in [0.3, 0.4) is 0 Å². The number of hydrogen-bond acceptors (Lipinski definition) is 2. The highest BCUT2D eigenvalue weighted by Crippen LogP contribution is 2.19. The summed E-state index contributed by atoms with van der Waals surface area (Å²) in [5.74, 6) is 0. The zero-order valence-corrected chi connectivity index (χ0v) is 11.1. The Morgan fingerprint density at radius 1 is 1.35 bits per heavy atom. The third-order valence-corrected chi connectivity index (χ3v) is 3.94. The molecule has 0 radical (unpaired) electrons. The monoisotopic (exact) mass is 291 g/mol. The van der Waals surface area contributed by atoms with Crippen LogP contribution in [0.5, 0.6) is 0 Å². The minimum atomic E-state index is 0.844. The second-order valence-electron chi connectivity index (χ2n) is 4.29. The van der Waals surface area contributed by atoms with E-state index in [9.17, 15) is 0 Å². The smallest absolute Gasteiger partial charge is 0.0673 e. The molecule has 3 nitrogen and oxygen atoms in total. The molecular weight excluding hydrogens is 278 g/mol. The predicted molar refractivity (Wildman–Crippen MR) is 70.9 cm³/mol. The Labute approximate surface area is 109 Å². The van der Waals surface area contributed by atoms with E-state index in [0.29, 0.717) is 0 Å². The minimum Gasteiger partial charge on any atom is -0.312 e. The molecule has 2 heterocycles. The number of fused-ring (bicyclic) bond motifs is 1. The SMILES string of the molecule is Brc1ccccc1Cn1ncc2c1CCNC2. The number of hydrogen-bond donors (Lipinski definition) is 1. The third kappa shape index (κ3) is 2.15. The molecule has 1 aromatic carbocycles. The van der Waals surface area contributed by atoms with E-state index in [0.717, 1.165) is 30.5 Å². The Morgan fingerprint density at radius 2 is 2.24 bits per heavy atom. The van der Waals surface area contributed by atoms with Crippen molar-refractivity contribution in [2.45, 2.75) is 19.5 Å². The van der Waals surface area contributed by atoms with Crippen LogP contribution in [0.15, 0.2) is 34.9 Å². The third-order valence-electron chi connectivity index (χ3n) is 3.17. The minimum absolute atomic E-state index is 0.844. The normalized spacial score (nSPS) is 14.6. The summed E-state index contributed by atoms with van der Waals surface area (Å²) >= 11 is 3.58. The second-order valence-corrected chi connectivity index (χ2v) is 5.15. The van der Waals surface area contributed by atoms with E-state index in [1.165, 1.54) is 16.8 Å². The van der Waals surface area contributed by atoms with Crippen LogP contribution in [0.2, 0.25) is 0 Å². The molecule has 0 atom stereocenters. The fourth-order valence-electron chi connectivity index (χ4n) is 2.24. The summed E-state index contributed by atoms with van der Waals surface area (Å²) < 4.78 is 3.27. The Morgan fingerprint density at radius 3 is 3.12 bits per heavy atom. The van der Waals surface area contributed by atoms with Gasteiger partial charge in [0.05, 0.1) is 12.7 Å². The topological polar surface area (TPSA) is 29.9 Å². The van der Waals surface area contributed by atoms with Crippen molar-refractivity contribution < 1.29 is 0 Å². The van der Waals surface area contributed by atoms with Crippen molar-refractivity contribution in [3.8, 4) is 0 Å². The zero-order valence-electron chi connectivity index (χ0n) is 9.49. The Balaban J connectivity index is 1.91. The van der Waals surface area contributed by atoms with Gasteiger partial charge in [0.2, 0.25) is 0 Å². The first kappa shape index (κ1) is 11.0. The van der Waals surface area contributed by atoms with Crippen molar-refractivity contribution in [3.63, 3.8) is 0 Å². The standard InChI is InChI=1S/C13H14BrN3/c14-12-4-2-1-3-10(12)9-17-13-5-6-15-7-11(13)8-16-17/h1-4,8,15H,5-7,9H2. The molecule has 4 heteroatoms. The van der Waals surface area contributed by atoms with Crippen LogP contribution in [0.1, 0.15) is 16.8 Å². The van der Waals surface area contributed by atoms with E-state index in [-0.39, 0.29) is 0 Å². The van der Waals surface area contributed by atoms with E-state index in [1.54, 1.807) is 0 Å². The van der Waals surface area contributed by atoms with Crippen molar-refractivity contribution in [1.29, 1.82) is 0 Å². The van der Waals surface area contributed by atoms with Gasteiger partial charge < -0.3 is 5.32 Å². The average Bonchev–Trinajstić information content (AvgIpc) is 2.76. The highest BCUT2D eigenvalue weighted by atomic mass is 79.9. The van der Waals surface area contributed by atoms with Crippen molar-refractivity contribution in [2.24, 2.45) is 0 Å². The van der Waals surface area contributed by atoms with Gasteiger partial charge in [0, 0.05) is 35.2 Å². The Hall–Kier alpha value is -1.13. The van der Waals surface area contributed by atoms with Gasteiger partial charge in [-0.15, -0.1) is 0 Å². The number of halogens is 1. The largest absolute Gasteiger partial charge is 0.312 e. The summed E-state index contributed by atoms with van der Waals surface area (Å²) in [4.78, 5) is 0. The molecule has 1 aliphatic rings. The molecular formula is C13H14BrN3. The van der Waals surface area contributed by atoms with Gasteiger partial charge in [0.25, 0.3) is 0 Å². The number of nitrogens with one attached hydrogen (secondary N) is 1. The Bertz CT molecular complexity index is 533. The molecule has 1 aliphatic heterocycles. The van der Waals surface area contributed by atoms with Crippen molar-refractivity contribution >= 4 is 15.9 Å². The molecule has 2 aromatic rings. The molecule has 0 amide bonds. The first-order valence-electron chi connectivity index (χ1n) is 5.82. The zero-order chi connectivity index (χ0) is 11.7. The summed E-state index contributed by atoms with van der Waals surface area (Å²) in [7, 11) is 0. The fraction of sp³-hybridized carbons (Fsp3) is 0.308. The number of rotatable bonds is 2. The fourth-order valence-corrected chi connectivity index (χ4v) is 2.65. The maximum Gasteiger partial charge on any atom is 0.0673 e.